The highest BCUT2D eigenvalue weighted by molar-refractivity contribution is 7.89. The van der Waals surface area contributed by atoms with E-state index in [0.717, 1.165) is 12.1 Å². The number of sulfonamides is 1. The molecule has 0 spiro atoms. The van der Waals surface area contributed by atoms with Gasteiger partial charge >= 0.3 is 0 Å². The Morgan fingerprint density at radius 1 is 1.50 bits per heavy atom. The van der Waals surface area contributed by atoms with Gasteiger partial charge in [0.05, 0.1) is 5.69 Å². The molecule has 90 valence electrons. The average molecular weight is 267 g/mol. The van der Waals surface area contributed by atoms with Crippen molar-refractivity contribution in [1.29, 1.82) is 0 Å². The zero-order chi connectivity index (χ0) is 12.3. The van der Waals surface area contributed by atoms with Crippen LogP contribution in [0, 0.1) is 5.82 Å². The van der Waals surface area contributed by atoms with Crippen molar-refractivity contribution in [2.45, 2.75) is 18.2 Å². The summed E-state index contributed by atoms with van der Waals surface area (Å²) >= 11 is 5.62. The van der Waals surface area contributed by atoms with Crippen LogP contribution in [0.3, 0.4) is 0 Å². The summed E-state index contributed by atoms with van der Waals surface area (Å²) in [6.45, 7) is 2.03. The molecular formula is C9H12ClFN2O2S. The lowest BCUT2D eigenvalue weighted by Crippen LogP contribution is -2.25. The molecule has 4 nitrogen and oxygen atoms in total. The van der Waals surface area contributed by atoms with Crippen molar-refractivity contribution in [2.75, 3.05) is 12.3 Å². The highest BCUT2D eigenvalue weighted by Gasteiger charge is 2.20. The first-order chi connectivity index (χ1) is 7.38. The van der Waals surface area contributed by atoms with Crippen LogP contribution in [0.2, 0.25) is 5.02 Å². The molecule has 0 aromatic heterocycles. The van der Waals surface area contributed by atoms with Crippen molar-refractivity contribution < 1.29 is 12.8 Å². The molecule has 0 aliphatic rings. The maximum Gasteiger partial charge on any atom is 0.243 e. The van der Waals surface area contributed by atoms with E-state index in [4.69, 9.17) is 17.3 Å². The normalized spacial score (nSPS) is 11.7. The molecule has 0 atom stereocenters. The predicted molar refractivity (Wildman–Crippen MR) is 61.3 cm³/mol. The van der Waals surface area contributed by atoms with Crippen LogP contribution in [0.25, 0.3) is 0 Å². The van der Waals surface area contributed by atoms with Gasteiger partial charge in [-0.2, -0.15) is 0 Å². The molecule has 0 amide bonds. The number of rotatable bonds is 4. The van der Waals surface area contributed by atoms with Crippen molar-refractivity contribution in [3.63, 3.8) is 0 Å². The molecule has 0 aliphatic carbocycles. The van der Waals surface area contributed by atoms with Gasteiger partial charge in [0.15, 0.2) is 5.82 Å². The molecule has 0 unspecified atom stereocenters. The summed E-state index contributed by atoms with van der Waals surface area (Å²) in [6, 6.07) is 2.20. The van der Waals surface area contributed by atoms with E-state index in [-0.39, 0.29) is 17.3 Å². The molecule has 0 fully saturated rings. The lowest BCUT2D eigenvalue weighted by Gasteiger charge is -2.08. The van der Waals surface area contributed by atoms with Gasteiger partial charge in [0.2, 0.25) is 10.0 Å². The van der Waals surface area contributed by atoms with E-state index in [2.05, 4.69) is 4.72 Å². The third-order valence-corrected chi connectivity index (χ3v) is 3.54. The third kappa shape index (κ3) is 2.84. The number of nitrogens with two attached hydrogens (primary N) is 1. The van der Waals surface area contributed by atoms with Crippen molar-refractivity contribution in [3.05, 3.63) is 23.0 Å². The van der Waals surface area contributed by atoms with E-state index in [1.807, 2.05) is 0 Å². The molecule has 0 saturated heterocycles. The van der Waals surface area contributed by atoms with Crippen molar-refractivity contribution >= 4 is 27.3 Å². The molecule has 0 radical (unpaired) electrons. The second kappa shape index (κ2) is 4.99. The van der Waals surface area contributed by atoms with E-state index >= 15 is 0 Å². The minimum atomic E-state index is -3.89. The fraction of sp³-hybridized carbons (Fsp3) is 0.333. The van der Waals surface area contributed by atoms with Gasteiger partial charge in [0.25, 0.3) is 0 Å². The van der Waals surface area contributed by atoms with E-state index < -0.39 is 20.7 Å². The van der Waals surface area contributed by atoms with Gasteiger partial charge in [-0.25, -0.2) is 17.5 Å². The lowest BCUT2D eigenvalue weighted by atomic mass is 10.3. The van der Waals surface area contributed by atoms with Gasteiger partial charge in [-0.1, -0.05) is 18.5 Å². The first-order valence-electron chi connectivity index (χ1n) is 4.62. The van der Waals surface area contributed by atoms with Crippen LogP contribution in [0.5, 0.6) is 0 Å². The zero-order valence-electron chi connectivity index (χ0n) is 8.63. The van der Waals surface area contributed by atoms with Crippen LogP contribution < -0.4 is 10.5 Å². The molecule has 1 rings (SSSR count). The van der Waals surface area contributed by atoms with Crippen LogP contribution in [0.4, 0.5) is 10.1 Å². The lowest BCUT2D eigenvalue weighted by molar-refractivity contribution is 0.558. The molecule has 16 heavy (non-hydrogen) atoms. The third-order valence-electron chi connectivity index (χ3n) is 1.86. The van der Waals surface area contributed by atoms with Crippen LogP contribution in [0.1, 0.15) is 13.3 Å². The van der Waals surface area contributed by atoms with Gasteiger partial charge < -0.3 is 5.73 Å². The molecule has 0 saturated carbocycles. The van der Waals surface area contributed by atoms with Gasteiger partial charge in [-0.3, -0.25) is 0 Å². The Bertz CT molecular complexity index is 491. The van der Waals surface area contributed by atoms with E-state index in [1.165, 1.54) is 0 Å². The zero-order valence-corrected chi connectivity index (χ0v) is 10.2. The quantitative estimate of drug-likeness (QED) is 0.816. The Labute approximate surface area is 98.6 Å². The molecule has 0 heterocycles. The van der Waals surface area contributed by atoms with Crippen LogP contribution >= 0.6 is 11.6 Å². The minimum Gasteiger partial charge on any atom is -0.396 e. The Kier molecular flexibility index (Phi) is 4.12. The van der Waals surface area contributed by atoms with Crippen molar-refractivity contribution in [2.24, 2.45) is 0 Å². The summed E-state index contributed by atoms with van der Waals surface area (Å²) in [5, 5.41) is 0.0794. The van der Waals surface area contributed by atoms with Gasteiger partial charge in [0.1, 0.15) is 4.90 Å². The van der Waals surface area contributed by atoms with Crippen LogP contribution in [-0.4, -0.2) is 15.0 Å². The molecule has 7 heteroatoms. The standard InChI is InChI=1S/C9H12ClFN2O2S/c1-2-3-13-16(14,15)8-5-6(10)4-7(12)9(8)11/h4-5,13H,2-3,12H2,1H3. The van der Waals surface area contributed by atoms with Gasteiger partial charge in [-0.05, 0) is 18.6 Å². The number of nitrogen functional groups attached to an aromatic ring is 1. The summed E-state index contributed by atoms with van der Waals surface area (Å²) in [5.41, 5.74) is 5.01. The molecular weight excluding hydrogens is 255 g/mol. The Balaban J connectivity index is 3.22. The fourth-order valence-electron chi connectivity index (χ4n) is 1.09. The monoisotopic (exact) mass is 266 g/mol. The highest BCUT2D eigenvalue weighted by Crippen LogP contribution is 2.24. The molecule has 0 aliphatic heterocycles. The second-order valence-corrected chi connectivity index (χ2v) is 5.38. The number of halogens is 2. The summed E-state index contributed by atoms with van der Waals surface area (Å²) in [4.78, 5) is -0.522. The number of hydrogen-bond acceptors (Lipinski definition) is 3. The Hall–Kier alpha value is -0.850. The molecule has 1 aromatic carbocycles. The van der Waals surface area contributed by atoms with Gasteiger partial charge in [0, 0.05) is 11.6 Å². The van der Waals surface area contributed by atoms with Crippen molar-refractivity contribution in [3.8, 4) is 0 Å². The SMILES string of the molecule is CCCNS(=O)(=O)c1cc(Cl)cc(N)c1F. The minimum absolute atomic E-state index is 0.0794. The maximum atomic E-state index is 13.5. The Morgan fingerprint density at radius 3 is 2.69 bits per heavy atom. The summed E-state index contributed by atoms with van der Waals surface area (Å²) in [5.74, 6) is -0.979. The fourth-order valence-corrected chi connectivity index (χ4v) is 2.65. The average Bonchev–Trinajstić information content (AvgIpc) is 2.20. The molecule has 3 N–H and O–H groups in total. The van der Waals surface area contributed by atoms with Crippen LogP contribution in [0.15, 0.2) is 17.0 Å². The summed E-state index contributed by atoms with van der Waals surface area (Å²) in [7, 11) is -3.89. The topological polar surface area (TPSA) is 72.2 Å². The predicted octanol–water partition coefficient (Wildman–Crippen LogP) is 1.75. The second-order valence-electron chi connectivity index (χ2n) is 3.20. The first-order valence-corrected chi connectivity index (χ1v) is 6.48. The summed E-state index contributed by atoms with van der Waals surface area (Å²) in [6.07, 6.45) is 0.608. The number of hydrogen-bond donors (Lipinski definition) is 2. The molecule has 0 bridgehead atoms. The number of benzene rings is 1. The molecule has 1 aromatic rings. The largest absolute Gasteiger partial charge is 0.396 e. The summed E-state index contributed by atoms with van der Waals surface area (Å²) < 4.78 is 39.0. The first kappa shape index (κ1) is 13.2. The van der Waals surface area contributed by atoms with Crippen molar-refractivity contribution in [1.82, 2.24) is 4.72 Å². The number of anilines is 1. The number of nitrogens with one attached hydrogen (secondary N) is 1. The Morgan fingerprint density at radius 2 is 2.12 bits per heavy atom. The maximum absolute atomic E-state index is 13.5. The van der Waals surface area contributed by atoms with Crippen LogP contribution in [-0.2, 0) is 10.0 Å². The smallest absolute Gasteiger partial charge is 0.243 e. The van der Waals surface area contributed by atoms with Gasteiger partial charge in [-0.15, -0.1) is 0 Å². The van der Waals surface area contributed by atoms with E-state index in [0.29, 0.717) is 6.42 Å². The van der Waals surface area contributed by atoms with E-state index in [9.17, 15) is 12.8 Å². The van der Waals surface area contributed by atoms with E-state index in [1.54, 1.807) is 6.92 Å². The highest BCUT2D eigenvalue weighted by atomic mass is 35.5.